The summed E-state index contributed by atoms with van der Waals surface area (Å²) in [6.07, 6.45) is 0. The third-order valence-corrected chi connectivity index (χ3v) is 4.79. The number of hydrogen-bond donors (Lipinski definition) is 2. The Balaban J connectivity index is 1.40. The molecule has 0 aromatic heterocycles. The predicted molar refractivity (Wildman–Crippen MR) is 108 cm³/mol. The van der Waals surface area contributed by atoms with Crippen molar-refractivity contribution >= 4 is 34.8 Å². The van der Waals surface area contributed by atoms with Crippen LogP contribution in [0.15, 0.2) is 48.5 Å². The van der Waals surface area contributed by atoms with E-state index >= 15 is 0 Å². The fourth-order valence-electron chi connectivity index (χ4n) is 3.03. The van der Waals surface area contributed by atoms with Gasteiger partial charge in [0.1, 0.15) is 5.82 Å². The Bertz CT molecular complexity index is 840. The van der Waals surface area contributed by atoms with Crippen molar-refractivity contribution in [2.45, 2.75) is 0 Å². The molecule has 1 aliphatic heterocycles. The van der Waals surface area contributed by atoms with Crippen LogP contribution in [-0.2, 0) is 9.59 Å². The van der Waals surface area contributed by atoms with Gasteiger partial charge in [-0.25, -0.2) is 4.39 Å². The molecule has 148 valence electrons. The molecule has 2 N–H and O–H groups in total. The van der Waals surface area contributed by atoms with E-state index in [1.807, 2.05) is 21.9 Å². The SMILES string of the molecule is O=C(CN1CCN(CC(=O)Nc2ccccc2Cl)CC1)Nc1cccc(F)c1. The Hall–Kier alpha value is -2.48. The zero-order valence-corrected chi connectivity index (χ0v) is 16.1. The minimum absolute atomic E-state index is 0.120. The van der Waals surface area contributed by atoms with Crippen LogP contribution in [-0.4, -0.2) is 60.9 Å². The fourth-order valence-corrected chi connectivity index (χ4v) is 3.21. The molecular formula is C20H22ClFN4O2. The molecule has 3 rings (SSSR count). The second-order valence-corrected chi connectivity index (χ2v) is 7.05. The van der Waals surface area contributed by atoms with Crippen LogP contribution >= 0.6 is 11.6 Å². The average Bonchev–Trinajstić information content (AvgIpc) is 2.65. The molecule has 0 bridgehead atoms. The third kappa shape index (κ3) is 6.02. The first-order chi connectivity index (χ1) is 13.5. The summed E-state index contributed by atoms with van der Waals surface area (Å²) in [6, 6.07) is 12.9. The molecule has 8 heteroatoms. The minimum atomic E-state index is -0.388. The van der Waals surface area contributed by atoms with Crippen LogP contribution < -0.4 is 10.6 Å². The van der Waals surface area contributed by atoms with Gasteiger partial charge < -0.3 is 10.6 Å². The Morgan fingerprint density at radius 1 is 0.893 bits per heavy atom. The average molecular weight is 405 g/mol. The molecule has 1 saturated heterocycles. The van der Waals surface area contributed by atoms with Crippen LogP contribution in [0.1, 0.15) is 0 Å². The lowest BCUT2D eigenvalue weighted by Crippen LogP contribution is -2.50. The molecule has 0 aliphatic carbocycles. The van der Waals surface area contributed by atoms with Gasteiger partial charge in [-0.2, -0.15) is 0 Å². The number of rotatable bonds is 6. The molecule has 1 aliphatic rings. The van der Waals surface area contributed by atoms with Gasteiger partial charge in [0.15, 0.2) is 0 Å². The van der Waals surface area contributed by atoms with E-state index in [0.717, 1.165) is 0 Å². The van der Waals surface area contributed by atoms with Gasteiger partial charge in [-0.1, -0.05) is 29.8 Å². The molecule has 0 atom stereocenters. The lowest BCUT2D eigenvalue weighted by atomic mass is 10.2. The first-order valence-corrected chi connectivity index (χ1v) is 9.42. The van der Waals surface area contributed by atoms with Crippen molar-refractivity contribution in [3.05, 3.63) is 59.4 Å². The van der Waals surface area contributed by atoms with E-state index in [9.17, 15) is 14.0 Å². The summed E-state index contributed by atoms with van der Waals surface area (Å²) >= 11 is 6.05. The van der Waals surface area contributed by atoms with Crippen molar-refractivity contribution < 1.29 is 14.0 Å². The molecule has 6 nitrogen and oxygen atoms in total. The number of benzene rings is 2. The Kier molecular flexibility index (Phi) is 6.97. The number of anilines is 2. The molecule has 28 heavy (non-hydrogen) atoms. The Morgan fingerprint density at radius 3 is 2.11 bits per heavy atom. The van der Waals surface area contributed by atoms with E-state index in [-0.39, 0.29) is 30.7 Å². The van der Waals surface area contributed by atoms with E-state index in [0.29, 0.717) is 42.6 Å². The molecule has 0 spiro atoms. The molecule has 2 amide bonds. The van der Waals surface area contributed by atoms with Gasteiger partial charge in [0.05, 0.1) is 23.8 Å². The Labute approximate surface area is 168 Å². The van der Waals surface area contributed by atoms with E-state index < -0.39 is 0 Å². The summed E-state index contributed by atoms with van der Waals surface area (Å²) in [5.74, 6) is -0.692. The molecule has 1 fully saturated rings. The molecule has 2 aromatic rings. The van der Waals surface area contributed by atoms with E-state index in [4.69, 9.17) is 11.6 Å². The van der Waals surface area contributed by atoms with Gasteiger partial charge in [-0.3, -0.25) is 19.4 Å². The van der Waals surface area contributed by atoms with Gasteiger partial charge in [0.25, 0.3) is 0 Å². The van der Waals surface area contributed by atoms with Crippen molar-refractivity contribution in [1.82, 2.24) is 9.80 Å². The van der Waals surface area contributed by atoms with Gasteiger partial charge in [0.2, 0.25) is 11.8 Å². The van der Waals surface area contributed by atoms with E-state index in [2.05, 4.69) is 10.6 Å². The summed E-state index contributed by atoms with van der Waals surface area (Å²) < 4.78 is 13.2. The highest BCUT2D eigenvalue weighted by Gasteiger charge is 2.21. The number of carbonyl (C=O) groups is 2. The topological polar surface area (TPSA) is 64.7 Å². The summed E-state index contributed by atoms with van der Waals surface area (Å²) in [5, 5.41) is 6.01. The zero-order chi connectivity index (χ0) is 19.9. The second kappa shape index (κ2) is 9.64. The second-order valence-electron chi connectivity index (χ2n) is 6.64. The summed E-state index contributed by atoms with van der Waals surface area (Å²) in [7, 11) is 0. The number of carbonyl (C=O) groups excluding carboxylic acids is 2. The van der Waals surface area contributed by atoms with Crippen molar-refractivity contribution in [3.63, 3.8) is 0 Å². The smallest absolute Gasteiger partial charge is 0.238 e. The monoisotopic (exact) mass is 404 g/mol. The van der Waals surface area contributed by atoms with E-state index in [1.54, 1.807) is 24.3 Å². The molecular weight excluding hydrogens is 383 g/mol. The number of hydrogen-bond acceptors (Lipinski definition) is 4. The highest BCUT2D eigenvalue weighted by atomic mass is 35.5. The largest absolute Gasteiger partial charge is 0.325 e. The van der Waals surface area contributed by atoms with Gasteiger partial charge >= 0.3 is 0 Å². The summed E-state index contributed by atoms with van der Waals surface area (Å²) in [4.78, 5) is 28.4. The Morgan fingerprint density at radius 2 is 1.50 bits per heavy atom. The van der Waals surface area contributed by atoms with Gasteiger partial charge in [-0.05, 0) is 30.3 Å². The molecule has 2 aromatic carbocycles. The van der Waals surface area contributed by atoms with Crippen LogP contribution in [0.4, 0.5) is 15.8 Å². The maximum atomic E-state index is 13.2. The number of halogens is 2. The van der Waals surface area contributed by atoms with Crippen LogP contribution in [0.5, 0.6) is 0 Å². The van der Waals surface area contributed by atoms with Crippen molar-refractivity contribution in [3.8, 4) is 0 Å². The quantitative estimate of drug-likeness (QED) is 0.777. The van der Waals surface area contributed by atoms with Crippen LogP contribution in [0, 0.1) is 5.82 Å². The van der Waals surface area contributed by atoms with Gasteiger partial charge in [0, 0.05) is 31.9 Å². The number of nitrogens with zero attached hydrogens (tertiary/aromatic N) is 2. The molecule has 0 saturated carbocycles. The van der Waals surface area contributed by atoms with Crippen LogP contribution in [0.25, 0.3) is 0 Å². The lowest BCUT2D eigenvalue weighted by molar-refractivity contribution is -0.120. The predicted octanol–water partition coefficient (Wildman–Crippen LogP) is 2.67. The maximum Gasteiger partial charge on any atom is 0.238 e. The number of para-hydroxylation sites is 1. The molecule has 0 radical (unpaired) electrons. The summed E-state index contributed by atoms with van der Waals surface area (Å²) in [5.41, 5.74) is 1.04. The van der Waals surface area contributed by atoms with Crippen molar-refractivity contribution in [2.75, 3.05) is 49.9 Å². The first-order valence-electron chi connectivity index (χ1n) is 9.04. The van der Waals surface area contributed by atoms with Crippen molar-refractivity contribution in [1.29, 1.82) is 0 Å². The van der Waals surface area contributed by atoms with E-state index in [1.165, 1.54) is 12.1 Å². The molecule has 1 heterocycles. The lowest BCUT2D eigenvalue weighted by Gasteiger charge is -2.33. The van der Waals surface area contributed by atoms with Gasteiger partial charge in [-0.15, -0.1) is 0 Å². The minimum Gasteiger partial charge on any atom is -0.325 e. The number of piperazine rings is 1. The zero-order valence-electron chi connectivity index (χ0n) is 15.3. The maximum absolute atomic E-state index is 13.2. The normalized spacial score (nSPS) is 15.2. The van der Waals surface area contributed by atoms with Crippen LogP contribution in [0.3, 0.4) is 0 Å². The first kappa shape index (κ1) is 20.3. The third-order valence-electron chi connectivity index (χ3n) is 4.46. The fraction of sp³-hybridized carbons (Fsp3) is 0.300. The molecule has 0 unspecified atom stereocenters. The standard InChI is InChI=1S/C20H22ClFN4O2/c21-17-6-1-2-7-18(17)24-20(28)14-26-10-8-25(9-11-26)13-19(27)23-16-5-3-4-15(22)12-16/h1-7,12H,8-11,13-14H2,(H,23,27)(H,24,28). The number of amides is 2. The number of nitrogens with one attached hydrogen (secondary N) is 2. The summed E-state index contributed by atoms with van der Waals surface area (Å²) in [6.45, 7) is 3.23. The van der Waals surface area contributed by atoms with Crippen molar-refractivity contribution in [2.24, 2.45) is 0 Å². The van der Waals surface area contributed by atoms with Crippen LogP contribution in [0.2, 0.25) is 5.02 Å². The highest BCUT2D eigenvalue weighted by molar-refractivity contribution is 6.33. The highest BCUT2D eigenvalue weighted by Crippen LogP contribution is 2.20.